The van der Waals surface area contributed by atoms with Crippen LogP contribution in [0.1, 0.15) is 30.0 Å². The van der Waals surface area contributed by atoms with Gasteiger partial charge in [0, 0.05) is 0 Å². The predicted octanol–water partition coefficient (Wildman–Crippen LogP) is 5.40. The first-order chi connectivity index (χ1) is 8.51. The van der Waals surface area contributed by atoms with Crippen LogP contribution >= 0.6 is 0 Å². The lowest BCUT2D eigenvalue weighted by Crippen LogP contribution is -1.95. The Hall–Kier alpha value is -1.82. The molecule has 0 amide bonds. The Labute approximate surface area is 111 Å². The molecule has 1 rings (SSSR count). The third-order valence-electron chi connectivity index (χ3n) is 3.12. The van der Waals surface area contributed by atoms with Crippen LogP contribution in [0.3, 0.4) is 0 Å². The maximum Gasteiger partial charge on any atom is -0.0154 e. The Morgan fingerprint density at radius 3 is 2.39 bits per heavy atom. The van der Waals surface area contributed by atoms with Crippen molar-refractivity contribution in [3.63, 3.8) is 0 Å². The van der Waals surface area contributed by atoms with Crippen LogP contribution in [0.4, 0.5) is 0 Å². The molecule has 0 heteroatoms. The van der Waals surface area contributed by atoms with Gasteiger partial charge in [-0.3, -0.25) is 0 Å². The molecule has 0 saturated carbocycles. The molecule has 0 unspecified atom stereocenters. The van der Waals surface area contributed by atoms with E-state index in [1.54, 1.807) is 6.08 Å². The van der Waals surface area contributed by atoms with Gasteiger partial charge in [-0.2, -0.15) is 0 Å². The van der Waals surface area contributed by atoms with E-state index in [1.165, 1.54) is 16.7 Å². The third kappa shape index (κ3) is 3.10. The van der Waals surface area contributed by atoms with Crippen molar-refractivity contribution in [3.05, 3.63) is 77.9 Å². The topological polar surface area (TPSA) is 0 Å². The van der Waals surface area contributed by atoms with Gasteiger partial charge in [0.25, 0.3) is 0 Å². The summed E-state index contributed by atoms with van der Waals surface area (Å²) in [6.45, 7) is 18.4. The summed E-state index contributed by atoms with van der Waals surface area (Å²) in [5, 5.41) is 0. The molecule has 0 aliphatic heterocycles. The van der Waals surface area contributed by atoms with E-state index in [-0.39, 0.29) is 0 Å². The van der Waals surface area contributed by atoms with Crippen molar-refractivity contribution in [2.45, 2.75) is 27.2 Å². The Morgan fingerprint density at radius 1 is 1.22 bits per heavy atom. The summed E-state index contributed by atoms with van der Waals surface area (Å²) in [5.74, 6) is 0. The van der Waals surface area contributed by atoms with Gasteiger partial charge in [0.2, 0.25) is 0 Å². The first-order valence-electron chi connectivity index (χ1n) is 6.29. The van der Waals surface area contributed by atoms with Gasteiger partial charge >= 0.3 is 0 Å². The van der Waals surface area contributed by atoms with Crippen LogP contribution in [0.15, 0.2) is 61.2 Å². The molecule has 0 bridgehead atoms. The second-order valence-electron chi connectivity index (χ2n) is 4.57. The SMILES string of the molecule is C=C/C=C(\C(=C)CC)C(=C)c1ccc(C)cc1C. The Bertz CT molecular complexity index is 513. The molecule has 1 aromatic rings. The fourth-order valence-electron chi connectivity index (χ4n) is 2.04. The van der Waals surface area contributed by atoms with Crippen LogP contribution in [0.5, 0.6) is 0 Å². The summed E-state index contributed by atoms with van der Waals surface area (Å²) in [7, 11) is 0. The number of hydrogen-bond acceptors (Lipinski definition) is 0. The van der Waals surface area contributed by atoms with E-state index in [9.17, 15) is 0 Å². The van der Waals surface area contributed by atoms with Gasteiger partial charge in [0.05, 0.1) is 0 Å². The normalized spacial score (nSPS) is 11.2. The van der Waals surface area contributed by atoms with Gasteiger partial charge in [-0.15, -0.1) is 0 Å². The molecule has 0 fully saturated rings. The van der Waals surface area contributed by atoms with E-state index < -0.39 is 0 Å². The molecule has 0 N–H and O–H groups in total. The Morgan fingerprint density at radius 2 is 1.89 bits per heavy atom. The summed E-state index contributed by atoms with van der Waals surface area (Å²) in [4.78, 5) is 0. The molecule has 0 heterocycles. The zero-order chi connectivity index (χ0) is 13.7. The van der Waals surface area contributed by atoms with Crippen molar-refractivity contribution in [2.24, 2.45) is 0 Å². The van der Waals surface area contributed by atoms with Crippen molar-refractivity contribution in [1.29, 1.82) is 0 Å². The number of hydrogen-bond donors (Lipinski definition) is 0. The highest BCUT2D eigenvalue weighted by atomic mass is 14.1. The van der Waals surface area contributed by atoms with Crippen LogP contribution in [0.2, 0.25) is 0 Å². The van der Waals surface area contributed by atoms with Crippen LogP contribution in [0.25, 0.3) is 5.57 Å². The van der Waals surface area contributed by atoms with Crippen molar-refractivity contribution < 1.29 is 0 Å². The van der Waals surface area contributed by atoms with E-state index in [2.05, 4.69) is 58.7 Å². The molecule has 0 aliphatic carbocycles. The molecule has 1 aromatic carbocycles. The van der Waals surface area contributed by atoms with E-state index in [0.29, 0.717) is 0 Å². The molecule has 0 aliphatic rings. The van der Waals surface area contributed by atoms with Crippen LogP contribution in [0, 0.1) is 13.8 Å². The van der Waals surface area contributed by atoms with Crippen LogP contribution in [-0.2, 0) is 0 Å². The van der Waals surface area contributed by atoms with Crippen molar-refractivity contribution in [3.8, 4) is 0 Å². The minimum Gasteiger partial charge on any atom is -0.0990 e. The first kappa shape index (κ1) is 14.2. The number of benzene rings is 1. The van der Waals surface area contributed by atoms with Gasteiger partial charge < -0.3 is 0 Å². The molecule has 0 nitrogen and oxygen atoms in total. The molecule has 94 valence electrons. The highest BCUT2D eigenvalue weighted by Crippen LogP contribution is 2.30. The standard InChI is InChI=1S/C18H22/c1-7-9-17(14(4)8-2)16(6)18-11-10-13(3)12-15(18)5/h7,9-12H,1,4,6,8H2,2-3,5H3/b17-9+. The second kappa shape index (κ2) is 6.20. The number of rotatable bonds is 5. The largest absolute Gasteiger partial charge is 0.0990 e. The minimum atomic E-state index is 0.920. The van der Waals surface area contributed by atoms with Gasteiger partial charge in [-0.05, 0) is 48.1 Å². The minimum absolute atomic E-state index is 0.920. The van der Waals surface area contributed by atoms with Crippen molar-refractivity contribution in [2.75, 3.05) is 0 Å². The van der Waals surface area contributed by atoms with Gasteiger partial charge in [0.1, 0.15) is 0 Å². The fourth-order valence-corrected chi connectivity index (χ4v) is 2.04. The van der Waals surface area contributed by atoms with Crippen LogP contribution in [-0.4, -0.2) is 0 Å². The zero-order valence-electron chi connectivity index (χ0n) is 11.7. The lowest BCUT2D eigenvalue weighted by Gasteiger charge is -2.15. The number of allylic oxidation sites excluding steroid dienone is 5. The predicted molar refractivity (Wildman–Crippen MR) is 82.7 cm³/mol. The molecule has 0 saturated heterocycles. The first-order valence-corrected chi connectivity index (χ1v) is 6.29. The van der Waals surface area contributed by atoms with Crippen molar-refractivity contribution >= 4 is 5.57 Å². The molecule has 18 heavy (non-hydrogen) atoms. The Balaban J connectivity index is 3.22. The lowest BCUT2D eigenvalue weighted by atomic mass is 9.90. The zero-order valence-corrected chi connectivity index (χ0v) is 11.7. The average Bonchev–Trinajstić information content (AvgIpc) is 2.34. The molecule has 0 aromatic heterocycles. The quantitative estimate of drug-likeness (QED) is 0.603. The third-order valence-corrected chi connectivity index (χ3v) is 3.12. The monoisotopic (exact) mass is 238 g/mol. The maximum absolute atomic E-state index is 4.23. The molecule has 0 radical (unpaired) electrons. The molecular weight excluding hydrogens is 216 g/mol. The van der Waals surface area contributed by atoms with E-state index in [0.717, 1.165) is 23.1 Å². The van der Waals surface area contributed by atoms with E-state index in [4.69, 9.17) is 0 Å². The van der Waals surface area contributed by atoms with E-state index >= 15 is 0 Å². The van der Waals surface area contributed by atoms with E-state index in [1.807, 2.05) is 6.08 Å². The fraction of sp³-hybridized carbons (Fsp3) is 0.222. The summed E-state index contributed by atoms with van der Waals surface area (Å²) in [6, 6.07) is 6.43. The van der Waals surface area contributed by atoms with Gasteiger partial charge in [0.15, 0.2) is 0 Å². The summed E-state index contributed by atoms with van der Waals surface area (Å²) in [6.07, 6.45) is 4.71. The number of aryl methyl sites for hydroxylation is 2. The summed E-state index contributed by atoms with van der Waals surface area (Å²) in [5.41, 5.74) is 6.92. The average molecular weight is 238 g/mol. The summed E-state index contributed by atoms with van der Waals surface area (Å²) >= 11 is 0. The molecular formula is C18H22. The highest BCUT2D eigenvalue weighted by molar-refractivity contribution is 5.83. The van der Waals surface area contributed by atoms with Gasteiger partial charge in [-0.25, -0.2) is 0 Å². The summed E-state index contributed by atoms with van der Waals surface area (Å²) < 4.78 is 0. The lowest BCUT2D eigenvalue weighted by molar-refractivity contribution is 1.14. The Kier molecular flexibility index (Phi) is 4.91. The van der Waals surface area contributed by atoms with Crippen molar-refractivity contribution in [1.82, 2.24) is 0 Å². The maximum atomic E-state index is 4.23. The highest BCUT2D eigenvalue weighted by Gasteiger charge is 2.09. The van der Waals surface area contributed by atoms with Crippen LogP contribution < -0.4 is 0 Å². The molecule has 0 atom stereocenters. The molecule has 0 spiro atoms. The second-order valence-corrected chi connectivity index (χ2v) is 4.57. The van der Waals surface area contributed by atoms with Gasteiger partial charge in [-0.1, -0.05) is 62.6 Å². The smallest absolute Gasteiger partial charge is 0.0154 e.